The molecular formula is C27H29NO3. The summed E-state index contributed by atoms with van der Waals surface area (Å²) in [5.74, 6) is -0.0721. The molecule has 0 aromatic heterocycles. The molecule has 0 aliphatic heterocycles. The number of ether oxygens (including phenoxy) is 1. The Morgan fingerprint density at radius 1 is 0.839 bits per heavy atom. The summed E-state index contributed by atoms with van der Waals surface area (Å²) in [7, 11) is 0. The normalized spacial score (nSPS) is 11.1. The summed E-state index contributed by atoms with van der Waals surface area (Å²) in [6.45, 7) is 8.53. The first kappa shape index (κ1) is 22.3. The maximum Gasteiger partial charge on any atom is 0.311 e. The van der Waals surface area contributed by atoms with Crippen molar-refractivity contribution in [2.75, 3.05) is 5.32 Å². The molecule has 3 aromatic rings. The van der Waals surface area contributed by atoms with Crippen LogP contribution in [-0.4, -0.2) is 11.9 Å². The van der Waals surface area contributed by atoms with Gasteiger partial charge in [-0.15, -0.1) is 0 Å². The molecule has 0 unspecified atom stereocenters. The number of nitrogens with one attached hydrogen (secondary N) is 1. The van der Waals surface area contributed by atoms with Crippen molar-refractivity contribution >= 4 is 17.6 Å². The lowest BCUT2D eigenvalue weighted by molar-refractivity contribution is -0.134. The molecule has 1 N–H and O–H groups in total. The molecule has 4 heteroatoms. The third kappa shape index (κ3) is 6.54. The van der Waals surface area contributed by atoms with Crippen LogP contribution in [0.3, 0.4) is 0 Å². The molecule has 4 nitrogen and oxygen atoms in total. The van der Waals surface area contributed by atoms with E-state index in [0.717, 1.165) is 16.8 Å². The van der Waals surface area contributed by atoms with Crippen molar-refractivity contribution in [3.63, 3.8) is 0 Å². The van der Waals surface area contributed by atoms with Crippen molar-refractivity contribution in [1.29, 1.82) is 0 Å². The number of rotatable bonds is 6. The molecule has 0 saturated heterocycles. The number of anilines is 1. The highest BCUT2D eigenvalue weighted by molar-refractivity contribution is 6.04. The number of benzene rings is 3. The average Bonchev–Trinajstić information content (AvgIpc) is 2.74. The Hall–Kier alpha value is -3.40. The van der Waals surface area contributed by atoms with Crippen LogP contribution in [-0.2, 0) is 16.6 Å². The molecule has 3 aromatic carbocycles. The zero-order chi connectivity index (χ0) is 22.4. The minimum Gasteiger partial charge on any atom is -0.427 e. The Morgan fingerprint density at radius 2 is 1.45 bits per heavy atom. The topological polar surface area (TPSA) is 55.4 Å². The number of hydrogen-bond acceptors (Lipinski definition) is 3. The molecule has 160 valence electrons. The molecule has 0 aliphatic carbocycles. The van der Waals surface area contributed by atoms with Crippen LogP contribution >= 0.6 is 0 Å². The van der Waals surface area contributed by atoms with Gasteiger partial charge in [0, 0.05) is 17.7 Å². The van der Waals surface area contributed by atoms with Crippen molar-refractivity contribution in [3.8, 4) is 5.75 Å². The fraction of sp³-hybridized carbons (Fsp3) is 0.259. The monoisotopic (exact) mass is 415 g/mol. The van der Waals surface area contributed by atoms with E-state index in [1.54, 1.807) is 24.3 Å². The molecule has 0 heterocycles. The molecule has 0 atom stereocenters. The van der Waals surface area contributed by atoms with Gasteiger partial charge in [-0.2, -0.15) is 0 Å². The van der Waals surface area contributed by atoms with E-state index in [9.17, 15) is 9.59 Å². The SMILES string of the molecule is Cc1ccc(NC(=O)c2ccc(OC(=O)CCc3ccc(C(C)(C)C)cc3)cc2)cc1. The number of carbonyl (C=O) groups is 2. The Labute approximate surface area is 184 Å². The van der Waals surface area contributed by atoms with Gasteiger partial charge < -0.3 is 10.1 Å². The number of carbonyl (C=O) groups excluding carboxylic acids is 2. The lowest BCUT2D eigenvalue weighted by Gasteiger charge is -2.19. The summed E-state index contributed by atoms with van der Waals surface area (Å²) in [5.41, 5.74) is 4.85. The minimum atomic E-state index is -0.295. The number of hydrogen-bond donors (Lipinski definition) is 1. The Morgan fingerprint density at radius 3 is 2.03 bits per heavy atom. The quantitative estimate of drug-likeness (QED) is 0.392. The van der Waals surface area contributed by atoms with Gasteiger partial charge in [-0.1, -0.05) is 62.7 Å². The highest BCUT2D eigenvalue weighted by atomic mass is 16.5. The highest BCUT2D eigenvalue weighted by Gasteiger charge is 2.13. The summed E-state index contributed by atoms with van der Waals surface area (Å²) in [5, 5.41) is 2.85. The fourth-order valence-corrected chi connectivity index (χ4v) is 3.11. The van der Waals surface area contributed by atoms with Crippen molar-refractivity contribution in [2.24, 2.45) is 0 Å². The fourth-order valence-electron chi connectivity index (χ4n) is 3.11. The highest BCUT2D eigenvalue weighted by Crippen LogP contribution is 2.22. The first-order valence-electron chi connectivity index (χ1n) is 10.5. The van der Waals surface area contributed by atoms with E-state index in [1.807, 2.05) is 31.2 Å². The van der Waals surface area contributed by atoms with Crippen LogP contribution in [0, 0.1) is 6.92 Å². The van der Waals surface area contributed by atoms with Gasteiger partial charge in [0.2, 0.25) is 0 Å². The Kier molecular flexibility index (Phi) is 6.91. The van der Waals surface area contributed by atoms with E-state index in [-0.39, 0.29) is 17.3 Å². The molecular weight excluding hydrogens is 386 g/mol. The van der Waals surface area contributed by atoms with Crippen LogP contribution in [0.5, 0.6) is 5.75 Å². The largest absolute Gasteiger partial charge is 0.427 e. The van der Waals surface area contributed by atoms with Gasteiger partial charge in [0.15, 0.2) is 0 Å². The lowest BCUT2D eigenvalue weighted by Crippen LogP contribution is -2.12. The average molecular weight is 416 g/mol. The van der Waals surface area contributed by atoms with Crippen LogP contribution in [0.15, 0.2) is 72.8 Å². The summed E-state index contributed by atoms with van der Waals surface area (Å²) < 4.78 is 5.41. The van der Waals surface area contributed by atoms with Gasteiger partial charge in [-0.25, -0.2) is 0 Å². The molecule has 0 saturated carbocycles. The maximum absolute atomic E-state index is 12.4. The van der Waals surface area contributed by atoms with E-state index in [4.69, 9.17) is 4.74 Å². The maximum atomic E-state index is 12.4. The van der Waals surface area contributed by atoms with E-state index in [0.29, 0.717) is 24.2 Å². The molecule has 0 radical (unpaired) electrons. The third-order valence-electron chi connectivity index (χ3n) is 5.10. The van der Waals surface area contributed by atoms with Crippen molar-refractivity contribution in [1.82, 2.24) is 0 Å². The zero-order valence-electron chi connectivity index (χ0n) is 18.6. The Bertz CT molecular complexity index is 1030. The number of aryl methyl sites for hydroxylation is 2. The number of amides is 1. The molecule has 0 bridgehead atoms. The van der Waals surface area contributed by atoms with E-state index < -0.39 is 0 Å². The van der Waals surface area contributed by atoms with Crippen LogP contribution in [0.2, 0.25) is 0 Å². The number of esters is 1. The Balaban J connectivity index is 1.50. The molecule has 1 amide bonds. The third-order valence-corrected chi connectivity index (χ3v) is 5.10. The first-order valence-corrected chi connectivity index (χ1v) is 10.5. The van der Waals surface area contributed by atoms with Gasteiger partial charge in [0.05, 0.1) is 0 Å². The predicted molar refractivity (Wildman–Crippen MR) is 125 cm³/mol. The van der Waals surface area contributed by atoms with Crippen LogP contribution in [0.4, 0.5) is 5.69 Å². The van der Waals surface area contributed by atoms with Gasteiger partial charge >= 0.3 is 5.97 Å². The molecule has 31 heavy (non-hydrogen) atoms. The zero-order valence-corrected chi connectivity index (χ0v) is 18.6. The van der Waals surface area contributed by atoms with Gasteiger partial charge in [0.25, 0.3) is 5.91 Å². The second-order valence-electron chi connectivity index (χ2n) is 8.77. The van der Waals surface area contributed by atoms with Gasteiger partial charge in [-0.3, -0.25) is 9.59 Å². The van der Waals surface area contributed by atoms with E-state index in [2.05, 4.69) is 50.4 Å². The van der Waals surface area contributed by atoms with Crippen molar-refractivity contribution in [3.05, 3.63) is 95.1 Å². The minimum absolute atomic E-state index is 0.112. The van der Waals surface area contributed by atoms with E-state index >= 15 is 0 Å². The van der Waals surface area contributed by atoms with Crippen molar-refractivity contribution in [2.45, 2.75) is 46.0 Å². The predicted octanol–water partition coefficient (Wildman–Crippen LogP) is 6.08. The van der Waals surface area contributed by atoms with Crippen LogP contribution in [0.25, 0.3) is 0 Å². The smallest absolute Gasteiger partial charge is 0.311 e. The molecule has 0 aliphatic rings. The second kappa shape index (κ2) is 9.61. The summed E-state index contributed by atoms with van der Waals surface area (Å²) in [6, 6.07) is 22.5. The van der Waals surface area contributed by atoms with Crippen LogP contribution < -0.4 is 10.1 Å². The standard InChI is InChI=1S/C27H29NO3/c1-19-5-14-23(15-6-19)28-26(30)21-10-16-24(17-11-21)31-25(29)18-9-20-7-12-22(13-8-20)27(2,3)4/h5-8,10-17H,9,18H2,1-4H3,(H,28,30). The van der Waals surface area contributed by atoms with Crippen molar-refractivity contribution < 1.29 is 14.3 Å². The summed E-state index contributed by atoms with van der Waals surface area (Å²) >= 11 is 0. The second-order valence-corrected chi connectivity index (χ2v) is 8.77. The van der Waals surface area contributed by atoms with Gasteiger partial charge in [0.1, 0.15) is 5.75 Å². The molecule has 0 spiro atoms. The van der Waals surface area contributed by atoms with Gasteiger partial charge in [-0.05, 0) is 66.3 Å². The first-order chi connectivity index (χ1) is 14.7. The van der Waals surface area contributed by atoms with Crippen LogP contribution in [0.1, 0.15) is 54.2 Å². The summed E-state index contributed by atoms with van der Waals surface area (Å²) in [6.07, 6.45) is 0.921. The molecule has 3 rings (SSSR count). The van der Waals surface area contributed by atoms with E-state index in [1.165, 1.54) is 5.56 Å². The molecule has 0 fully saturated rings. The summed E-state index contributed by atoms with van der Waals surface area (Å²) in [4.78, 5) is 24.6. The lowest BCUT2D eigenvalue weighted by atomic mass is 9.86.